The third kappa shape index (κ3) is 20.0. The summed E-state index contributed by atoms with van der Waals surface area (Å²) in [5, 5.41) is 0. The Balaban J connectivity index is 0.000000212. The van der Waals surface area contributed by atoms with E-state index in [-0.39, 0.29) is 9.79 Å². The molecule has 12 nitrogen and oxygen atoms in total. The smallest absolute Gasteiger partial charge is 0.0146 e. The molecule has 8 rings (SSSR count). The normalized spacial score (nSPS) is 13.6. The predicted octanol–water partition coefficient (Wildman–Crippen LogP) is 16.0. The van der Waals surface area contributed by atoms with E-state index in [0.29, 0.717) is 42.4 Å². The van der Waals surface area contributed by atoms with E-state index in [4.69, 9.17) is 48.2 Å². The molecule has 20 heteroatoms. The van der Waals surface area contributed by atoms with Gasteiger partial charge in [0.1, 0.15) is 0 Å². The third-order valence-corrected chi connectivity index (χ3v) is 22.0. The first kappa shape index (κ1) is 73.8. The van der Waals surface area contributed by atoms with Crippen molar-refractivity contribution >= 4 is 90.8 Å². The molecule has 2 fully saturated rings. The average molecular weight is 1480 g/mol. The van der Waals surface area contributed by atoms with Crippen LogP contribution in [0.1, 0.15) is 112 Å². The van der Waals surface area contributed by atoms with E-state index >= 15 is 0 Å². The van der Waals surface area contributed by atoms with Crippen LogP contribution in [0.2, 0.25) is 0 Å². The second-order valence-corrected chi connectivity index (χ2v) is 38.1. The maximum atomic E-state index is 12.3. The van der Waals surface area contributed by atoms with E-state index in [1.807, 2.05) is 13.8 Å². The first-order chi connectivity index (χ1) is 40.8. The van der Waals surface area contributed by atoms with Crippen molar-refractivity contribution in [3.05, 3.63) is 176 Å². The van der Waals surface area contributed by atoms with Crippen LogP contribution in [0.3, 0.4) is 0 Å². The minimum Gasteiger partial charge on any atom is -0.502 e. The molecule has 0 N–H and O–H groups in total. The fourth-order valence-electron chi connectivity index (χ4n) is 11.1. The van der Waals surface area contributed by atoms with E-state index in [2.05, 4.69) is 165 Å². The van der Waals surface area contributed by atoms with Gasteiger partial charge in [-0.25, -0.2) is 0 Å². The Morgan fingerprint density at radius 3 is 0.943 bits per heavy atom. The second kappa shape index (κ2) is 33.4. The molecule has 0 radical (unpaired) electrons. The fourth-order valence-corrected chi connectivity index (χ4v) is 16.8. The van der Waals surface area contributed by atoms with E-state index in [0.717, 1.165) is 43.3 Å². The fraction of sp³-hybridized carbons (Fsp3) is 0.403. The maximum absolute atomic E-state index is 12.3. The van der Waals surface area contributed by atoms with Gasteiger partial charge in [-0.2, -0.15) is 13.3 Å². The Morgan fingerprint density at radius 2 is 0.713 bits per heavy atom. The zero-order valence-electron chi connectivity index (χ0n) is 53.9. The number of rotatable bonds is 17. The van der Waals surface area contributed by atoms with Gasteiger partial charge < -0.3 is 19.6 Å². The van der Waals surface area contributed by atoms with Gasteiger partial charge in [0, 0.05) is 48.9 Å². The van der Waals surface area contributed by atoms with E-state index in [1.54, 1.807) is 53.5 Å². The molecular formula is C67H90Cl4N6O6Ru2S2-2. The summed E-state index contributed by atoms with van der Waals surface area (Å²) in [4.78, 5) is 10.0. The first-order valence-corrected chi connectivity index (χ1v) is 42.9. The van der Waals surface area contributed by atoms with Crippen LogP contribution in [0, 0.1) is 96.4 Å². The van der Waals surface area contributed by atoms with Gasteiger partial charge in [-0.05, 0) is 128 Å². The Bertz CT molecular complexity index is 3320. The standard InChI is InChI=1S/2C21H27N2.C13H19NO3S.C12H17NO3S.4ClH.2Ru/c2*1-14-9-16(3)20(17(4)10-14)22-7-8-23(13-22)21-18(5)11-15(2)12-19(21)6;1-5-9-17-13-8-7-12(10-11(13)3)18(15,16)14(4)6-2;1-5-8-16-12-7-6-11(9-10(12)2)17(14,15)13(3)4;;;;;;/h2*9-13H,7-8H2,1-6H3;3,7-8,10H,5-6,9H2,1-2,4H3;2,6-7,9H,5,8H2,1,3-4H3;4*1H;;/q2*-1;;;;;;;2*+2/p-4. The van der Waals surface area contributed by atoms with Crippen molar-refractivity contribution in [2.75, 3.05) is 86.7 Å². The van der Waals surface area contributed by atoms with Gasteiger partial charge >= 0.3 is 273 Å². The van der Waals surface area contributed by atoms with Crippen LogP contribution in [-0.2, 0) is 47.1 Å². The monoisotopic (exact) mass is 1480 g/mol. The number of halogens is 4. The van der Waals surface area contributed by atoms with E-state index in [9.17, 15) is 16.8 Å². The van der Waals surface area contributed by atoms with Crippen LogP contribution in [0.5, 0.6) is 11.5 Å². The van der Waals surface area contributed by atoms with E-state index < -0.39 is 47.1 Å². The van der Waals surface area contributed by atoms with Crippen LogP contribution in [0.4, 0.5) is 22.7 Å². The molecule has 0 aliphatic carbocycles. The van der Waals surface area contributed by atoms with Gasteiger partial charge in [0.25, 0.3) is 0 Å². The summed E-state index contributed by atoms with van der Waals surface area (Å²) < 4.78 is 65.9. The molecule has 0 spiro atoms. The topological polar surface area (TPSA) is 106 Å². The number of sulfonamides is 2. The quantitative estimate of drug-likeness (QED) is 0.0647. The SMILES string of the molecule is CCCOc1ccc(S(=O)(=O)N(C)C)cc1[CH]=[Ru]([Cl])[Cl].CCCOc1ccc(S(=O)(=O)N(C)CC)cc1[CH]=[Ru]([Cl])[Cl].Cc1cc(C)c(N2[CH-]N(c3c(C)cc(C)cc3C)CC2)c(C)c1.Cc1cc(C)c(N2[CH-]N(c3c(C)cc(C)cc3C)CC2)c(C)c1. The van der Waals surface area contributed by atoms with Gasteiger partial charge in [0.15, 0.2) is 0 Å². The first-order valence-electron chi connectivity index (χ1n) is 29.0. The van der Waals surface area contributed by atoms with Crippen LogP contribution < -0.4 is 29.1 Å². The molecule has 6 aromatic carbocycles. The Hall–Kier alpha value is -3.91. The second-order valence-electron chi connectivity index (χ2n) is 22.4. The van der Waals surface area contributed by atoms with Crippen molar-refractivity contribution in [1.82, 2.24) is 8.61 Å². The third-order valence-electron chi connectivity index (χ3n) is 14.6. The molecule has 0 aromatic heterocycles. The van der Waals surface area contributed by atoms with E-state index in [1.165, 1.54) is 114 Å². The summed E-state index contributed by atoms with van der Waals surface area (Å²) in [5.74, 6) is 1.21. The molecule has 2 aliphatic rings. The number of nitrogens with zero attached hydrogens (tertiary/aromatic N) is 6. The van der Waals surface area contributed by atoms with Gasteiger partial charge in [-0.1, -0.05) is 70.8 Å². The summed E-state index contributed by atoms with van der Waals surface area (Å²) in [6.45, 7) is 42.4. The Kier molecular flexibility index (Phi) is 28.4. The largest absolute Gasteiger partial charge is 0.502 e. The summed E-state index contributed by atoms with van der Waals surface area (Å²) >= 11 is -4.14. The van der Waals surface area contributed by atoms with Crippen molar-refractivity contribution < 1.29 is 53.3 Å². The maximum Gasteiger partial charge on any atom is 0.0146 e. The van der Waals surface area contributed by atoms with Crippen molar-refractivity contribution in [1.29, 1.82) is 0 Å². The number of benzene rings is 6. The van der Waals surface area contributed by atoms with Gasteiger partial charge in [0.05, 0.1) is 0 Å². The summed E-state index contributed by atoms with van der Waals surface area (Å²) in [6, 6.07) is 27.7. The summed E-state index contributed by atoms with van der Waals surface area (Å²) in [5.41, 5.74) is 22.9. The molecule has 482 valence electrons. The number of aryl methyl sites for hydroxylation is 12. The minimum atomic E-state index is -3.50. The zero-order valence-corrected chi connectivity index (χ0v) is 62.1. The molecule has 0 amide bonds. The predicted molar refractivity (Wildman–Crippen MR) is 365 cm³/mol. The Morgan fingerprint density at radius 1 is 0.448 bits per heavy atom. The molecule has 0 saturated carbocycles. The molecular weight excluding hydrogens is 1390 g/mol. The average Bonchev–Trinajstić information content (AvgIpc) is 1.89. The Labute approximate surface area is 548 Å². The minimum absolute atomic E-state index is 0.196. The van der Waals surface area contributed by atoms with Crippen LogP contribution in [-0.4, -0.2) is 102 Å². The van der Waals surface area contributed by atoms with Crippen LogP contribution in [0.15, 0.2) is 94.7 Å². The van der Waals surface area contributed by atoms with Crippen molar-refractivity contribution in [3.8, 4) is 11.5 Å². The van der Waals surface area contributed by atoms with Crippen molar-refractivity contribution in [2.24, 2.45) is 0 Å². The molecule has 2 saturated heterocycles. The van der Waals surface area contributed by atoms with Gasteiger partial charge in [0.2, 0.25) is 0 Å². The molecule has 6 aromatic rings. The molecule has 0 atom stereocenters. The molecule has 0 bridgehead atoms. The van der Waals surface area contributed by atoms with Crippen LogP contribution in [0.25, 0.3) is 0 Å². The summed E-state index contributed by atoms with van der Waals surface area (Å²) in [6.07, 6.45) is 1.72. The molecule has 2 heterocycles. The number of ether oxygens (including phenoxy) is 2. The molecule has 0 unspecified atom stereocenters. The van der Waals surface area contributed by atoms with Gasteiger partial charge in [-0.3, -0.25) is 0 Å². The van der Waals surface area contributed by atoms with Gasteiger partial charge in [-0.15, -0.1) is 0 Å². The van der Waals surface area contributed by atoms with Crippen LogP contribution >= 0.6 is 38.8 Å². The molecule has 2 aliphatic heterocycles. The number of anilines is 4. The van der Waals surface area contributed by atoms with Crippen molar-refractivity contribution in [3.63, 3.8) is 0 Å². The number of hydrogen-bond donors (Lipinski definition) is 0. The summed E-state index contributed by atoms with van der Waals surface area (Å²) in [7, 11) is 21.1. The molecule has 87 heavy (non-hydrogen) atoms. The van der Waals surface area contributed by atoms with Crippen molar-refractivity contribution in [2.45, 2.75) is 126 Å². The number of hydrogen-bond acceptors (Lipinski definition) is 10. The zero-order chi connectivity index (χ0) is 64.8.